The van der Waals surface area contributed by atoms with E-state index < -0.39 is 6.10 Å². The van der Waals surface area contributed by atoms with Crippen LogP contribution in [0.25, 0.3) is 10.9 Å². The van der Waals surface area contributed by atoms with Gasteiger partial charge in [-0.2, -0.15) is 5.10 Å². The molecule has 0 saturated carbocycles. The highest BCUT2D eigenvalue weighted by Crippen LogP contribution is 2.27. The average molecular weight is 282 g/mol. The quantitative estimate of drug-likeness (QED) is 0.771. The number of aliphatic hydroxyl groups excluding tert-OH is 1. The predicted molar refractivity (Wildman–Crippen MR) is 87.3 cm³/mol. The summed E-state index contributed by atoms with van der Waals surface area (Å²) in [7, 11) is 1.90. The molecule has 1 N–H and O–H groups in total. The van der Waals surface area contributed by atoms with Crippen LogP contribution in [0, 0.1) is 6.92 Å². The van der Waals surface area contributed by atoms with Crippen molar-refractivity contribution in [2.24, 2.45) is 7.05 Å². The maximum absolute atomic E-state index is 10.5. The van der Waals surface area contributed by atoms with Gasteiger partial charge in [0.15, 0.2) is 0 Å². The largest absolute Gasteiger partial charge is 0.382 e. The molecule has 0 fully saturated rings. The first-order chi connectivity index (χ1) is 10.2. The number of aryl methyl sites for hydroxylation is 2. The van der Waals surface area contributed by atoms with Crippen molar-refractivity contribution in [3.05, 3.63) is 65.4 Å². The number of hydrogen-bond donors (Lipinski definition) is 1. The van der Waals surface area contributed by atoms with E-state index in [1.165, 1.54) is 5.56 Å². The summed E-state index contributed by atoms with van der Waals surface area (Å²) in [5, 5.41) is 16.0. The second-order valence-corrected chi connectivity index (χ2v) is 4.84. The smallest absolute Gasteiger partial charge is 0.123 e. The van der Waals surface area contributed by atoms with Crippen LogP contribution in [-0.2, 0) is 7.05 Å². The van der Waals surface area contributed by atoms with Gasteiger partial charge in [-0.25, -0.2) is 0 Å². The van der Waals surface area contributed by atoms with Crippen molar-refractivity contribution in [2.75, 3.05) is 0 Å². The van der Waals surface area contributed by atoms with Crippen LogP contribution < -0.4 is 0 Å². The Balaban J connectivity index is 0.000000774. The fraction of sp³-hybridized carbons (Fsp3) is 0.278. The highest BCUT2D eigenvalue weighted by molar-refractivity contribution is 5.82. The second kappa shape index (κ2) is 6.55. The van der Waals surface area contributed by atoms with E-state index in [1.807, 2.05) is 81.0 Å². The van der Waals surface area contributed by atoms with E-state index in [0.717, 1.165) is 16.5 Å². The molecule has 3 aromatic rings. The Kier molecular flexibility index (Phi) is 4.76. The van der Waals surface area contributed by atoms with Crippen LogP contribution in [0.4, 0.5) is 0 Å². The van der Waals surface area contributed by atoms with E-state index in [1.54, 1.807) is 0 Å². The van der Waals surface area contributed by atoms with Gasteiger partial charge in [0, 0.05) is 12.4 Å². The molecule has 0 spiro atoms. The Bertz CT molecular complexity index is 714. The average Bonchev–Trinajstić information content (AvgIpc) is 2.87. The van der Waals surface area contributed by atoms with Crippen molar-refractivity contribution in [1.82, 2.24) is 9.78 Å². The molecule has 21 heavy (non-hydrogen) atoms. The molecule has 1 unspecified atom stereocenters. The van der Waals surface area contributed by atoms with Crippen molar-refractivity contribution in [3.63, 3.8) is 0 Å². The fourth-order valence-electron chi connectivity index (χ4n) is 2.35. The molecule has 0 radical (unpaired) electrons. The lowest BCUT2D eigenvalue weighted by molar-refractivity contribution is 0.216. The number of aliphatic hydroxyl groups is 1. The molecule has 3 heteroatoms. The number of rotatable bonds is 2. The Morgan fingerprint density at radius 2 is 1.62 bits per heavy atom. The SMILES string of the molecule is CC.Cc1ccc(C(O)c2nn(C)c3ccccc23)cc1. The van der Waals surface area contributed by atoms with E-state index >= 15 is 0 Å². The normalized spacial score (nSPS) is 11.9. The highest BCUT2D eigenvalue weighted by Gasteiger charge is 2.17. The first kappa shape index (κ1) is 15.3. The minimum atomic E-state index is -0.688. The van der Waals surface area contributed by atoms with Crippen LogP contribution in [-0.4, -0.2) is 14.9 Å². The zero-order valence-corrected chi connectivity index (χ0v) is 13.0. The van der Waals surface area contributed by atoms with Gasteiger partial charge in [-0.15, -0.1) is 0 Å². The van der Waals surface area contributed by atoms with Crippen LogP contribution in [0.15, 0.2) is 48.5 Å². The lowest BCUT2D eigenvalue weighted by atomic mass is 10.0. The zero-order valence-electron chi connectivity index (χ0n) is 13.0. The summed E-state index contributed by atoms with van der Waals surface area (Å²) < 4.78 is 1.81. The molecule has 3 nitrogen and oxygen atoms in total. The van der Waals surface area contributed by atoms with Gasteiger partial charge in [0.2, 0.25) is 0 Å². The molecular weight excluding hydrogens is 260 g/mol. The van der Waals surface area contributed by atoms with Gasteiger partial charge in [-0.3, -0.25) is 4.68 Å². The third-order valence-corrected chi connectivity index (χ3v) is 3.44. The topological polar surface area (TPSA) is 38.1 Å². The summed E-state index contributed by atoms with van der Waals surface area (Å²) in [6.07, 6.45) is -0.688. The number of para-hydroxylation sites is 1. The Morgan fingerprint density at radius 3 is 2.29 bits per heavy atom. The second-order valence-electron chi connectivity index (χ2n) is 4.84. The summed E-state index contributed by atoms with van der Waals surface area (Å²) in [6.45, 7) is 6.03. The maximum atomic E-state index is 10.5. The van der Waals surface area contributed by atoms with E-state index in [2.05, 4.69) is 5.10 Å². The van der Waals surface area contributed by atoms with Crippen LogP contribution >= 0.6 is 0 Å². The van der Waals surface area contributed by atoms with E-state index in [0.29, 0.717) is 5.69 Å². The van der Waals surface area contributed by atoms with Crippen molar-refractivity contribution < 1.29 is 5.11 Å². The van der Waals surface area contributed by atoms with E-state index in [4.69, 9.17) is 0 Å². The molecule has 0 amide bonds. The van der Waals surface area contributed by atoms with Gasteiger partial charge >= 0.3 is 0 Å². The first-order valence-electron chi connectivity index (χ1n) is 7.33. The molecule has 1 heterocycles. The van der Waals surface area contributed by atoms with Crippen molar-refractivity contribution >= 4 is 10.9 Å². The summed E-state index contributed by atoms with van der Waals surface area (Å²) >= 11 is 0. The third kappa shape index (κ3) is 2.98. The minimum Gasteiger partial charge on any atom is -0.382 e. The molecule has 0 saturated heterocycles. The van der Waals surface area contributed by atoms with Crippen molar-refractivity contribution in [3.8, 4) is 0 Å². The number of nitrogens with zero attached hydrogens (tertiary/aromatic N) is 2. The lowest BCUT2D eigenvalue weighted by Crippen LogP contribution is -2.02. The van der Waals surface area contributed by atoms with Crippen LogP contribution in [0.2, 0.25) is 0 Å². The molecule has 110 valence electrons. The molecular formula is C18H22N2O. The van der Waals surface area contributed by atoms with Crippen LogP contribution in [0.5, 0.6) is 0 Å². The van der Waals surface area contributed by atoms with E-state index in [9.17, 15) is 5.11 Å². The molecule has 0 aliphatic heterocycles. The Hall–Kier alpha value is -2.13. The standard InChI is InChI=1S/C16H16N2O.C2H6/c1-11-7-9-12(10-8-11)16(19)15-13-5-3-4-6-14(13)18(2)17-15;1-2/h3-10,16,19H,1-2H3;1-2H3. The minimum absolute atomic E-state index is 0.688. The predicted octanol–water partition coefficient (Wildman–Crippen LogP) is 3.99. The van der Waals surface area contributed by atoms with Gasteiger partial charge in [-0.1, -0.05) is 61.9 Å². The Morgan fingerprint density at radius 1 is 1.00 bits per heavy atom. The summed E-state index contributed by atoms with van der Waals surface area (Å²) in [6, 6.07) is 15.9. The number of benzene rings is 2. The van der Waals surface area contributed by atoms with Gasteiger partial charge in [-0.05, 0) is 18.6 Å². The molecule has 0 aliphatic rings. The lowest BCUT2D eigenvalue weighted by Gasteiger charge is -2.09. The molecule has 1 aromatic heterocycles. The molecule has 0 aliphatic carbocycles. The third-order valence-electron chi connectivity index (χ3n) is 3.44. The maximum Gasteiger partial charge on any atom is 0.123 e. The number of hydrogen-bond acceptors (Lipinski definition) is 2. The van der Waals surface area contributed by atoms with Crippen LogP contribution in [0.1, 0.15) is 36.8 Å². The van der Waals surface area contributed by atoms with Gasteiger partial charge < -0.3 is 5.11 Å². The summed E-state index contributed by atoms with van der Waals surface area (Å²) in [5.74, 6) is 0. The molecule has 0 bridgehead atoms. The molecule has 3 rings (SSSR count). The molecule has 1 atom stereocenters. The first-order valence-corrected chi connectivity index (χ1v) is 7.33. The van der Waals surface area contributed by atoms with Crippen molar-refractivity contribution in [1.29, 1.82) is 0 Å². The number of fused-ring (bicyclic) bond motifs is 1. The molecule has 2 aromatic carbocycles. The van der Waals surface area contributed by atoms with Gasteiger partial charge in [0.1, 0.15) is 11.8 Å². The highest BCUT2D eigenvalue weighted by atomic mass is 16.3. The van der Waals surface area contributed by atoms with Crippen LogP contribution in [0.3, 0.4) is 0 Å². The van der Waals surface area contributed by atoms with Gasteiger partial charge in [0.05, 0.1) is 5.52 Å². The summed E-state index contributed by atoms with van der Waals surface area (Å²) in [5.41, 5.74) is 3.79. The fourth-order valence-corrected chi connectivity index (χ4v) is 2.35. The zero-order chi connectivity index (χ0) is 15.4. The monoisotopic (exact) mass is 282 g/mol. The van der Waals surface area contributed by atoms with Gasteiger partial charge in [0.25, 0.3) is 0 Å². The van der Waals surface area contributed by atoms with Crippen molar-refractivity contribution in [2.45, 2.75) is 26.9 Å². The van der Waals surface area contributed by atoms with E-state index in [-0.39, 0.29) is 0 Å². The number of aromatic nitrogens is 2. The Labute approximate surface area is 125 Å². The summed E-state index contributed by atoms with van der Waals surface area (Å²) in [4.78, 5) is 0.